The minimum Gasteiger partial charge on any atom is -0.488 e. The second-order valence-corrected chi connectivity index (χ2v) is 9.38. The van der Waals surface area contributed by atoms with E-state index < -0.39 is 4.92 Å². The van der Waals surface area contributed by atoms with Gasteiger partial charge in [-0.25, -0.2) is 4.98 Å². The molecule has 0 N–H and O–H groups in total. The molecule has 1 heterocycles. The topological polar surface area (TPSA) is 99.6 Å². The van der Waals surface area contributed by atoms with Gasteiger partial charge < -0.3 is 4.74 Å². The maximum absolute atomic E-state index is 13.0. The Morgan fingerprint density at radius 2 is 1.94 bits per heavy atom. The number of ether oxygens (including phenoxy) is 1. The van der Waals surface area contributed by atoms with Crippen LogP contribution >= 0.6 is 38.5 Å². The Morgan fingerprint density at radius 1 is 1.18 bits per heavy atom. The molecule has 8 nitrogen and oxygen atoms in total. The molecule has 0 saturated heterocycles. The number of nitro groups is 1. The fraction of sp³-hybridized carbons (Fsp3) is 0.125. The zero-order valence-corrected chi connectivity index (χ0v) is 21.7. The molecule has 0 fully saturated rings. The molecule has 10 heteroatoms. The Bertz CT molecular complexity index is 1470. The number of fused-ring (bicyclic) bond motifs is 1. The van der Waals surface area contributed by atoms with Crippen LogP contribution in [0.5, 0.6) is 5.75 Å². The van der Waals surface area contributed by atoms with Crippen LogP contribution in [0, 0.1) is 13.7 Å². The van der Waals surface area contributed by atoms with Gasteiger partial charge in [-0.1, -0.05) is 22.9 Å². The zero-order valence-electron chi connectivity index (χ0n) is 17.9. The number of nitro benzene ring substituents is 1. The molecule has 0 radical (unpaired) electrons. The van der Waals surface area contributed by atoms with Crippen molar-refractivity contribution in [3.05, 3.63) is 106 Å². The Labute approximate surface area is 216 Å². The fourth-order valence-corrected chi connectivity index (χ4v) is 4.31. The van der Waals surface area contributed by atoms with Crippen molar-refractivity contribution in [1.82, 2.24) is 9.66 Å². The maximum Gasteiger partial charge on any atom is 0.282 e. The lowest BCUT2D eigenvalue weighted by Gasteiger charge is -2.09. The van der Waals surface area contributed by atoms with E-state index in [0.29, 0.717) is 28.9 Å². The van der Waals surface area contributed by atoms with E-state index in [0.717, 1.165) is 19.2 Å². The molecule has 4 aromatic rings. The van der Waals surface area contributed by atoms with Crippen LogP contribution in [0.3, 0.4) is 0 Å². The predicted octanol–water partition coefficient (Wildman–Crippen LogP) is 5.70. The van der Waals surface area contributed by atoms with Crippen molar-refractivity contribution in [2.45, 2.75) is 20.0 Å². The molecule has 0 amide bonds. The highest BCUT2D eigenvalue weighted by Crippen LogP contribution is 2.23. The van der Waals surface area contributed by atoms with Gasteiger partial charge in [-0.2, -0.15) is 9.78 Å². The van der Waals surface area contributed by atoms with Crippen LogP contribution in [-0.2, 0) is 13.0 Å². The van der Waals surface area contributed by atoms with E-state index in [4.69, 9.17) is 4.74 Å². The first kappa shape index (κ1) is 24.0. The number of hydrogen-bond donors (Lipinski definition) is 0. The van der Waals surface area contributed by atoms with Gasteiger partial charge in [0.25, 0.3) is 11.2 Å². The molecule has 0 unspecified atom stereocenters. The standard InChI is InChI=1S/C24H18BrIN4O4/c1-2-23-28-21-9-6-17(25)12-19(21)24(31)29(23)27-13-16-5-10-22(20(26)11-16)34-14-15-3-7-18(8-4-15)30(32)33/h3-13H,2,14H2,1H3. The molecule has 0 aliphatic rings. The summed E-state index contributed by atoms with van der Waals surface area (Å²) in [5.74, 6) is 1.26. The van der Waals surface area contributed by atoms with Crippen LogP contribution in [0.2, 0.25) is 0 Å². The summed E-state index contributed by atoms with van der Waals surface area (Å²) in [7, 11) is 0. The minimum atomic E-state index is -0.432. The lowest BCUT2D eigenvalue weighted by Crippen LogP contribution is -2.22. The smallest absolute Gasteiger partial charge is 0.282 e. The molecular weight excluding hydrogens is 615 g/mol. The molecular formula is C24H18BrIN4O4. The van der Waals surface area contributed by atoms with Crippen LogP contribution in [0.15, 0.2) is 75.0 Å². The van der Waals surface area contributed by atoms with Crippen LogP contribution in [0.4, 0.5) is 5.69 Å². The van der Waals surface area contributed by atoms with Gasteiger partial charge in [0.2, 0.25) is 0 Å². The minimum absolute atomic E-state index is 0.0431. The molecule has 0 atom stereocenters. The van der Waals surface area contributed by atoms with E-state index in [9.17, 15) is 14.9 Å². The largest absolute Gasteiger partial charge is 0.488 e. The van der Waals surface area contributed by atoms with Crippen LogP contribution < -0.4 is 10.3 Å². The number of hydrogen-bond acceptors (Lipinski definition) is 6. The van der Waals surface area contributed by atoms with Crippen molar-refractivity contribution in [1.29, 1.82) is 0 Å². The number of aromatic nitrogens is 2. The van der Waals surface area contributed by atoms with Gasteiger partial charge in [-0.15, -0.1) is 0 Å². The van der Waals surface area contributed by atoms with Crippen LogP contribution in [-0.4, -0.2) is 20.8 Å². The van der Waals surface area contributed by atoms with E-state index in [1.165, 1.54) is 16.8 Å². The lowest BCUT2D eigenvalue weighted by molar-refractivity contribution is -0.384. The predicted molar refractivity (Wildman–Crippen MR) is 143 cm³/mol. The van der Waals surface area contributed by atoms with Gasteiger partial charge in [0.1, 0.15) is 18.2 Å². The molecule has 0 spiro atoms. The van der Waals surface area contributed by atoms with Crippen molar-refractivity contribution in [3.8, 4) is 5.75 Å². The lowest BCUT2D eigenvalue weighted by atomic mass is 10.2. The summed E-state index contributed by atoms with van der Waals surface area (Å²) in [5.41, 5.74) is 2.09. The van der Waals surface area contributed by atoms with E-state index in [-0.39, 0.29) is 17.9 Å². The van der Waals surface area contributed by atoms with Crippen molar-refractivity contribution in [2.75, 3.05) is 0 Å². The summed E-state index contributed by atoms with van der Waals surface area (Å²) in [4.78, 5) is 27.9. The first-order valence-corrected chi connectivity index (χ1v) is 12.1. The Kier molecular flexibility index (Phi) is 7.37. The number of nitrogens with zero attached hydrogens (tertiary/aromatic N) is 4. The highest BCUT2D eigenvalue weighted by atomic mass is 127. The second kappa shape index (κ2) is 10.4. The second-order valence-electron chi connectivity index (χ2n) is 7.31. The van der Waals surface area contributed by atoms with E-state index >= 15 is 0 Å². The summed E-state index contributed by atoms with van der Waals surface area (Å²) in [6, 6.07) is 17.2. The average Bonchev–Trinajstić information content (AvgIpc) is 2.83. The molecule has 3 aromatic carbocycles. The highest BCUT2D eigenvalue weighted by molar-refractivity contribution is 14.1. The number of benzene rings is 3. The van der Waals surface area contributed by atoms with E-state index in [1.807, 2.05) is 37.3 Å². The van der Waals surface area contributed by atoms with Gasteiger partial charge >= 0.3 is 0 Å². The van der Waals surface area contributed by atoms with Gasteiger partial charge in [-0.3, -0.25) is 14.9 Å². The average molecular weight is 633 g/mol. The number of halogens is 2. The normalized spacial score (nSPS) is 11.3. The summed E-state index contributed by atoms with van der Waals surface area (Å²) < 4.78 is 8.87. The van der Waals surface area contributed by atoms with Gasteiger partial charge in [-0.05, 0) is 82.2 Å². The van der Waals surface area contributed by atoms with Crippen molar-refractivity contribution in [2.24, 2.45) is 5.10 Å². The Balaban J connectivity index is 1.54. The molecule has 0 bridgehead atoms. The van der Waals surface area contributed by atoms with Crippen molar-refractivity contribution in [3.63, 3.8) is 0 Å². The quantitative estimate of drug-likeness (QED) is 0.113. The molecule has 4 rings (SSSR count). The molecule has 1 aromatic heterocycles. The van der Waals surface area contributed by atoms with Crippen molar-refractivity contribution < 1.29 is 9.66 Å². The van der Waals surface area contributed by atoms with Gasteiger partial charge in [0.05, 0.1) is 25.6 Å². The fourth-order valence-electron chi connectivity index (χ4n) is 3.26. The Hall–Kier alpha value is -3.12. The summed E-state index contributed by atoms with van der Waals surface area (Å²) in [6.45, 7) is 2.22. The third-order valence-corrected chi connectivity index (χ3v) is 6.35. The SMILES string of the molecule is CCc1nc2ccc(Br)cc2c(=O)n1N=Cc1ccc(OCc2ccc([N+](=O)[O-])cc2)c(I)c1. The molecule has 0 aliphatic carbocycles. The third-order valence-electron chi connectivity index (χ3n) is 5.01. The summed E-state index contributed by atoms with van der Waals surface area (Å²) in [6.07, 6.45) is 2.18. The number of non-ortho nitro benzene ring substituents is 1. The van der Waals surface area contributed by atoms with Crippen LogP contribution in [0.25, 0.3) is 10.9 Å². The van der Waals surface area contributed by atoms with E-state index in [1.54, 1.807) is 24.4 Å². The monoisotopic (exact) mass is 632 g/mol. The van der Waals surface area contributed by atoms with Crippen LogP contribution in [0.1, 0.15) is 23.9 Å². The molecule has 0 saturated carbocycles. The summed E-state index contributed by atoms with van der Waals surface area (Å²) in [5, 5.41) is 15.7. The van der Waals surface area contributed by atoms with Gasteiger partial charge in [0.15, 0.2) is 0 Å². The maximum atomic E-state index is 13.0. The number of aryl methyl sites for hydroxylation is 1. The first-order chi connectivity index (χ1) is 16.4. The Morgan fingerprint density at radius 3 is 2.62 bits per heavy atom. The van der Waals surface area contributed by atoms with Crippen molar-refractivity contribution >= 4 is 61.3 Å². The zero-order chi connectivity index (χ0) is 24.2. The van der Waals surface area contributed by atoms with Gasteiger partial charge in [0, 0.05) is 23.0 Å². The first-order valence-electron chi connectivity index (χ1n) is 10.3. The number of rotatable bonds is 7. The van der Waals surface area contributed by atoms with E-state index in [2.05, 4.69) is 48.6 Å². The molecule has 34 heavy (non-hydrogen) atoms. The third kappa shape index (κ3) is 5.33. The molecule has 0 aliphatic heterocycles. The summed E-state index contributed by atoms with van der Waals surface area (Å²) >= 11 is 5.57. The highest BCUT2D eigenvalue weighted by Gasteiger charge is 2.10. The molecule has 172 valence electrons.